The summed E-state index contributed by atoms with van der Waals surface area (Å²) in [5, 5.41) is 10.0. The van der Waals surface area contributed by atoms with E-state index in [1.165, 1.54) is 17.7 Å². The SMILES string of the molecule is COC(=O)[C@@H](NC(C(=O)Nc1c(C)cc(C)cc1C)c1ccccc1P(c1ccccc1)c1ccccc1)C(C)C. The number of carbonyl (C=O) groups is 2. The fourth-order valence-corrected chi connectivity index (χ4v) is 7.73. The number of aryl methyl sites for hydroxylation is 3. The van der Waals surface area contributed by atoms with Crippen molar-refractivity contribution in [1.29, 1.82) is 0 Å². The molecule has 2 atom stereocenters. The first-order chi connectivity index (χ1) is 19.7. The number of methoxy groups -OCH3 is 1. The molecule has 0 heterocycles. The highest BCUT2D eigenvalue weighted by Crippen LogP contribution is 2.36. The molecule has 2 N–H and O–H groups in total. The molecule has 0 saturated carbocycles. The van der Waals surface area contributed by atoms with E-state index in [9.17, 15) is 9.59 Å². The van der Waals surface area contributed by atoms with Gasteiger partial charge < -0.3 is 10.1 Å². The van der Waals surface area contributed by atoms with Crippen molar-refractivity contribution >= 4 is 41.4 Å². The highest BCUT2D eigenvalue weighted by Gasteiger charge is 2.33. The summed E-state index contributed by atoms with van der Waals surface area (Å²) in [5.74, 6) is -0.720. The number of nitrogens with one attached hydrogen (secondary N) is 2. The molecule has 4 aromatic rings. The number of rotatable bonds is 10. The lowest BCUT2D eigenvalue weighted by molar-refractivity contribution is -0.144. The molecule has 5 nitrogen and oxygen atoms in total. The number of carbonyl (C=O) groups excluding carboxylic acids is 2. The smallest absolute Gasteiger partial charge is 0.323 e. The summed E-state index contributed by atoms with van der Waals surface area (Å²) >= 11 is 0. The van der Waals surface area contributed by atoms with Crippen molar-refractivity contribution in [3.63, 3.8) is 0 Å². The predicted octanol–water partition coefficient (Wildman–Crippen LogP) is 5.84. The summed E-state index contributed by atoms with van der Waals surface area (Å²) in [5.41, 5.74) is 4.75. The fraction of sp³-hybridized carbons (Fsp3) is 0.257. The molecular formula is C35H39N2O3P. The van der Waals surface area contributed by atoms with Crippen molar-refractivity contribution < 1.29 is 14.3 Å². The highest BCUT2D eigenvalue weighted by molar-refractivity contribution is 7.79. The van der Waals surface area contributed by atoms with Gasteiger partial charge in [-0.3, -0.25) is 14.9 Å². The van der Waals surface area contributed by atoms with Gasteiger partial charge in [0.2, 0.25) is 5.91 Å². The lowest BCUT2D eigenvalue weighted by Gasteiger charge is -2.30. The fourth-order valence-electron chi connectivity index (χ4n) is 5.24. The number of amides is 1. The van der Waals surface area contributed by atoms with E-state index in [-0.39, 0.29) is 11.8 Å². The van der Waals surface area contributed by atoms with Crippen LogP contribution in [0.2, 0.25) is 0 Å². The second kappa shape index (κ2) is 13.7. The maximum absolute atomic E-state index is 14.3. The van der Waals surface area contributed by atoms with E-state index >= 15 is 0 Å². The minimum absolute atomic E-state index is 0.0995. The van der Waals surface area contributed by atoms with Gasteiger partial charge in [-0.15, -0.1) is 0 Å². The van der Waals surface area contributed by atoms with Gasteiger partial charge in [-0.25, -0.2) is 0 Å². The molecule has 0 radical (unpaired) electrons. The van der Waals surface area contributed by atoms with Crippen molar-refractivity contribution in [2.75, 3.05) is 12.4 Å². The summed E-state index contributed by atoms with van der Waals surface area (Å²) in [6.07, 6.45) is 0. The van der Waals surface area contributed by atoms with Crippen LogP contribution in [0.1, 0.15) is 42.1 Å². The molecule has 6 heteroatoms. The lowest BCUT2D eigenvalue weighted by atomic mass is 9.99. The van der Waals surface area contributed by atoms with Crippen LogP contribution in [-0.2, 0) is 14.3 Å². The third-order valence-electron chi connectivity index (χ3n) is 7.17. The Kier molecular flexibility index (Phi) is 10.1. The van der Waals surface area contributed by atoms with Crippen LogP contribution < -0.4 is 26.5 Å². The molecule has 0 bridgehead atoms. The van der Waals surface area contributed by atoms with Crippen LogP contribution in [-0.4, -0.2) is 25.0 Å². The van der Waals surface area contributed by atoms with Gasteiger partial charge in [0.15, 0.2) is 0 Å². The van der Waals surface area contributed by atoms with E-state index in [0.717, 1.165) is 33.2 Å². The van der Waals surface area contributed by atoms with Gasteiger partial charge in [-0.2, -0.15) is 0 Å². The molecule has 41 heavy (non-hydrogen) atoms. The molecule has 1 amide bonds. The Morgan fingerprint density at radius 3 is 1.78 bits per heavy atom. The Morgan fingerprint density at radius 2 is 1.27 bits per heavy atom. The van der Waals surface area contributed by atoms with Crippen molar-refractivity contribution in [3.8, 4) is 0 Å². The van der Waals surface area contributed by atoms with Crippen molar-refractivity contribution in [3.05, 3.63) is 119 Å². The zero-order valence-corrected chi connectivity index (χ0v) is 25.5. The third kappa shape index (κ3) is 7.11. The average molecular weight is 567 g/mol. The Bertz CT molecular complexity index is 1430. The molecule has 0 fully saturated rings. The summed E-state index contributed by atoms with van der Waals surface area (Å²) in [7, 11) is 0.385. The van der Waals surface area contributed by atoms with Crippen LogP contribution in [0, 0.1) is 26.7 Å². The van der Waals surface area contributed by atoms with Crippen LogP contribution in [0.3, 0.4) is 0 Å². The predicted molar refractivity (Wildman–Crippen MR) is 171 cm³/mol. The maximum Gasteiger partial charge on any atom is 0.323 e. The second-order valence-corrected chi connectivity index (χ2v) is 12.9. The van der Waals surface area contributed by atoms with Crippen molar-refractivity contribution in [2.24, 2.45) is 5.92 Å². The van der Waals surface area contributed by atoms with E-state index < -0.39 is 26.0 Å². The van der Waals surface area contributed by atoms with Crippen molar-refractivity contribution in [1.82, 2.24) is 5.32 Å². The first-order valence-electron chi connectivity index (χ1n) is 13.9. The molecular weight excluding hydrogens is 527 g/mol. The molecule has 4 rings (SSSR count). The number of hydrogen-bond donors (Lipinski definition) is 2. The molecule has 212 valence electrons. The zero-order valence-electron chi connectivity index (χ0n) is 24.6. The van der Waals surface area contributed by atoms with Crippen LogP contribution in [0.5, 0.6) is 0 Å². The Hall–Kier alpha value is -3.79. The summed E-state index contributed by atoms with van der Waals surface area (Å²) in [6, 6.07) is 31.5. The molecule has 0 aliphatic heterocycles. The maximum atomic E-state index is 14.3. The first-order valence-corrected chi connectivity index (χ1v) is 15.3. The summed E-state index contributed by atoms with van der Waals surface area (Å²) in [6.45, 7) is 9.95. The Labute approximate surface area is 245 Å². The van der Waals surface area contributed by atoms with Crippen LogP contribution in [0.25, 0.3) is 0 Å². The molecule has 0 aliphatic rings. The minimum atomic E-state index is -0.995. The standard InChI is InChI=1S/C35H39N2O3P/c1-23(2)31(35(39)40-6)36-33(34(38)37-32-25(4)21-24(3)22-26(32)5)29-19-13-14-20-30(29)41(27-15-9-7-10-16-27)28-17-11-8-12-18-28/h7-23,31,33,36H,1-6H3,(H,37,38)/t31-,33?/m0/s1. The van der Waals surface area contributed by atoms with Crippen LogP contribution >= 0.6 is 7.92 Å². The Balaban J connectivity index is 1.88. The molecule has 0 spiro atoms. The normalized spacial score (nSPS) is 12.7. The van der Waals surface area contributed by atoms with Gasteiger partial charge in [0.25, 0.3) is 0 Å². The van der Waals surface area contributed by atoms with Crippen LogP contribution in [0.15, 0.2) is 97.1 Å². The summed E-state index contributed by atoms with van der Waals surface area (Å²) < 4.78 is 5.15. The minimum Gasteiger partial charge on any atom is -0.468 e. The van der Waals surface area contributed by atoms with Gasteiger partial charge in [0.1, 0.15) is 12.1 Å². The lowest BCUT2D eigenvalue weighted by Crippen LogP contribution is -2.48. The van der Waals surface area contributed by atoms with Gasteiger partial charge in [0.05, 0.1) is 7.11 Å². The van der Waals surface area contributed by atoms with Gasteiger partial charge in [-0.05, 0) is 67.2 Å². The van der Waals surface area contributed by atoms with E-state index in [0.29, 0.717) is 0 Å². The average Bonchev–Trinajstić information content (AvgIpc) is 2.96. The number of ether oxygens (including phenoxy) is 1. The first kappa shape index (κ1) is 30.2. The van der Waals surface area contributed by atoms with Gasteiger partial charge in [0, 0.05) is 5.69 Å². The number of anilines is 1. The van der Waals surface area contributed by atoms with Crippen LogP contribution in [0.4, 0.5) is 5.69 Å². The van der Waals surface area contributed by atoms with E-state index in [1.54, 1.807) is 0 Å². The zero-order chi connectivity index (χ0) is 29.5. The highest BCUT2D eigenvalue weighted by atomic mass is 31.1. The third-order valence-corrected chi connectivity index (χ3v) is 9.69. The van der Waals surface area contributed by atoms with Gasteiger partial charge in [-0.1, -0.05) is 116 Å². The number of benzene rings is 4. The van der Waals surface area contributed by atoms with Gasteiger partial charge >= 0.3 is 5.97 Å². The van der Waals surface area contributed by atoms with Crippen molar-refractivity contribution in [2.45, 2.75) is 46.7 Å². The summed E-state index contributed by atoms with van der Waals surface area (Å²) in [4.78, 5) is 27.2. The monoisotopic (exact) mass is 566 g/mol. The molecule has 0 aromatic heterocycles. The Morgan fingerprint density at radius 1 is 0.756 bits per heavy atom. The molecule has 1 unspecified atom stereocenters. The number of hydrogen-bond acceptors (Lipinski definition) is 4. The second-order valence-electron chi connectivity index (χ2n) is 10.7. The molecule has 0 saturated heterocycles. The molecule has 4 aromatic carbocycles. The number of esters is 1. The quantitative estimate of drug-likeness (QED) is 0.187. The van der Waals surface area contributed by atoms with E-state index in [1.807, 2.05) is 89.2 Å². The van der Waals surface area contributed by atoms with E-state index in [4.69, 9.17) is 4.74 Å². The van der Waals surface area contributed by atoms with E-state index in [2.05, 4.69) is 53.1 Å². The molecule has 0 aliphatic carbocycles. The largest absolute Gasteiger partial charge is 0.468 e. The topological polar surface area (TPSA) is 67.4 Å².